The molecule has 0 radical (unpaired) electrons. The third kappa shape index (κ3) is 4.59. The van der Waals surface area contributed by atoms with Crippen LogP contribution in [0, 0.1) is 5.82 Å². The molecule has 2 aromatic carbocycles. The van der Waals surface area contributed by atoms with Gasteiger partial charge >= 0.3 is 10.2 Å². The molecule has 1 aliphatic carbocycles. The topological polar surface area (TPSA) is 69.7 Å². The van der Waals surface area contributed by atoms with Crippen molar-refractivity contribution < 1.29 is 17.6 Å². The first-order valence-corrected chi connectivity index (χ1v) is 11.0. The van der Waals surface area contributed by atoms with Gasteiger partial charge in [-0.1, -0.05) is 30.3 Å². The van der Waals surface area contributed by atoms with E-state index in [9.17, 15) is 17.6 Å². The first-order valence-electron chi connectivity index (χ1n) is 9.56. The maximum absolute atomic E-state index is 14.3. The number of anilines is 1. The Morgan fingerprint density at radius 2 is 1.83 bits per heavy atom. The van der Waals surface area contributed by atoms with Crippen LogP contribution in [0.3, 0.4) is 0 Å². The Morgan fingerprint density at radius 1 is 1.14 bits per heavy atom. The summed E-state index contributed by atoms with van der Waals surface area (Å²) in [7, 11) is -1.37. The van der Waals surface area contributed by atoms with Crippen molar-refractivity contribution in [2.75, 3.05) is 24.9 Å². The normalized spacial score (nSPS) is 14.5. The van der Waals surface area contributed by atoms with Crippen molar-refractivity contribution in [1.82, 2.24) is 9.62 Å². The molecule has 0 unspecified atom stereocenters. The van der Waals surface area contributed by atoms with Crippen molar-refractivity contribution in [2.45, 2.75) is 32.2 Å². The minimum Gasteiger partial charge on any atom is -0.348 e. The number of carbonyl (C=O) groups excluding carboxylic acids is 1. The van der Waals surface area contributed by atoms with Gasteiger partial charge in [0.15, 0.2) is 0 Å². The van der Waals surface area contributed by atoms with E-state index in [0.717, 1.165) is 33.4 Å². The van der Waals surface area contributed by atoms with E-state index in [2.05, 4.69) is 17.4 Å². The number of hydrogen-bond donors (Lipinski definition) is 1. The molecule has 1 amide bonds. The fraction of sp³-hybridized carbons (Fsp3) is 0.381. The first kappa shape index (κ1) is 21.3. The van der Waals surface area contributed by atoms with Crippen molar-refractivity contribution in [3.05, 3.63) is 65.0 Å². The fourth-order valence-electron chi connectivity index (χ4n) is 3.50. The van der Waals surface area contributed by atoms with E-state index >= 15 is 0 Å². The van der Waals surface area contributed by atoms with Crippen LogP contribution >= 0.6 is 0 Å². The number of benzene rings is 2. The Bertz CT molecular complexity index is 1010. The molecule has 0 bridgehead atoms. The van der Waals surface area contributed by atoms with E-state index in [1.54, 1.807) is 0 Å². The molecule has 0 saturated heterocycles. The van der Waals surface area contributed by atoms with Crippen LogP contribution in [0.25, 0.3) is 0 Å². The Hall–Kier alpha value is -2.45. The van der Waals surface area contributed by atoms with Crippen molar-refractivity contribution in [1.29, 1.82) is 0 Å². The highest BCUT2D eigenvalue weighted by Crippen LogP contribution is 2.26. The van der Waals surface area contributed by atoms with Gasteiger partial charge in [0.25, 0.3) is 0 Å². The highest BCUT2D eigenvalue weighted by molar-refractivity contribution is 7.90. The second kappa shape index (κ2) is 8.51. The van der Waals surface area contributed by atoms with E-state index < -0.39 is 28.5 Å². The minimum atomic E-state index is -4.05. The smallest absolute Gasteiger partial charge is 0.304 e. The largest absolute Gasteiger partial charge is 0.348 e. The van der Waals surface area contributed by atoms with Crippen molar-refractivity contribution in [2.24, 2.45) is 0 Å². The standard InChI is InChI=1S/C21H26FN3O3S/c1-15(17-12-11-16-7-6-8-18(16)13-17)23-21(26)14-25(29(27,28)24(2)3)20-10-5-4-9-19(20)22/h4-5,9-13,15H,6-8,14H2,1-3H3,(H,23,26)/t15-/m1/s1. The highest BCUT2D eigenvalue weighted by Gasteiger charge is 2.29. The molecule has 0 saturated carbocycles. The van der Waals surface area contributed by atoms with Gasteiger partial charge in [-0.2, -0.15) is 12.7 Å². The van der Waals surface area contributed by atoms with Gasteiger partial charge in [0, 0.05) is 14.1 Å². The lowest BCUT2D eigenvalue weighted by molar-refractivity contribution is -0.120. The molecule has 0 aromatic heterocycles. The molecule has 0 heterocycles. The highest BCUT2D eigenvalue weighted by atomic mass is 32.2. The second-order valence-electron chi connectivity index (χ2n) is 7.42. The van der Waals surface area contributed by atoms with Crippen LogP contribution in [0.4, 0.5) is 10.1 Å². The monoisotopic (exact) mass is 419 g/mol. The summed E-state index contributed by atoms with van der Waals surface area (Å²) in [6.07, 6.45) is 3.25. The summed E-state index contributed by atoms with van der Waals surface area (Å²) < 4.78 is 41.4. The molecule has 0 spiro atoms. The predicted octanol–water partition coefficient (Wildman–Crippen LogP) is 2.80. The fourth-order valence-corrected chi connectivity index (χ4v) is 4.58. The van der Waals surface area contributed by atoms with Gasteiger partial charge in [-0.15, -0.1) is 0 Å². The molecule has 29 heavy (non-hydrogen) atoms. The number of halogens is 1. The van der Waals surface area contributed by atoms with Gasteiger partial charge in [0.1, 0.15) is 12.4 Å². The Kier molecular flexibility index (Phi) is 6.24. The van der Waals surface area contributed by atoms with Gasteiger partial charge in [0.2, 0.25) is 5.91 Å². The average molecular weight is 420 g/mol. The Labute approximate surface area is 171 Å². The van der Waals surface area contributed by atoms with Gasteiger partial charge in [-0.3, -0.25) is 4.79 Å². The minimum absolute atomic E-state index is 0.165. The maximum Gasteiger partial charge on any atom is 0.304 e. The zero-order valence-corrected chi connectivity index (χ0v) is 17.7. The van der Waals surface area contributed by atoms with Crippen LogP contribution in [0.5, 0.6) is 0 Å². The van der Waals surface area contributed by atoms with Crippen LogP contribution in [-0.2, 0) is 27.8 Å². The number of carbonyl (C=O) groups is 1. The summed E-state index contributed by atoms with van der Waals surface area (Å²) in [5.74, 6) is -1.22. The molecule has 0 fully saturated rings. The molecule has 1 N–H and O–H groups in total. The van der Waals surface area contributed by atoms with Gasteiger partial charge in [0.05, 0.1) is 11.7 Å². The molecule has 1 aliphatic rings. The van der Waals surface area contributed by atoms with Crippen LogP contribution < -0.4 is 9.62 Å². The molecule has 1 atom stereocenters. The molecular weight excluding hydrogens is 393 g/mol. The van der Waals surface area contributed by atoms with Crippen molar-refractivity contribution in [3.8, 4) is 0 Å². The third-order valence-corrected chi connectivity index (χ3v) is 6.95. The second-order valence-corrected chi connectivity index (χ2v) is 9.49. The number of rotatable bonds is 7. The molecule has 0 aliphatic heterocycles. The number of nitrogens with zero attached hydrogens (tertiary/aromatic N) is 2. The lowest BCUT2D eigenvalue weighted by Crippen LogP contribution is -2.46. The number of amides is 1. The predicted molar refractivity (Wildman–Crippen MR) is 111 cm³/mol. The number of nitrogens with one attached hydrogen (secondary N) is 1. The Morgan fingerprint density at radius 3 is 2.52 bits per heavy atom. The number of para-hydroxylation sites is 1. The number of hydrogen-bond acceptors (Lipinski definition) is 3. The van der Waals surface area contributed by atoms with Gasteiger partial charge in [-0.05, 0) is 55.0 Å². The third-order valence-electron chi connectivity index (χ3n) is 5.15. The average Bonchev–Trinajstić information content (AvgIpc) is 3.14. The number of aryl methyl sites for hydroxylation is 2. The Balaban J connectivity index is 1.79. The quantitative estimate of drug-likeness (QED) is 0.750. The molecule has 2 aromatic rings. The summed E-state index contributed by atoms with van der Waals surface area (Å²) >= 11 is 0. The van der Waals surface area contributed by atoms with Crippen LogP contribution in [0.2, 0.25) is 0 Å². The van der Waals surface area contributed by atoms with E-state index in [4.69, 9.17) is 0 Å². The molecule has 6 nitrogen and oxygen atoms in total. The summed E-state index contributed by atoms with van der Waals surface area (Å²) in [6.45, 7) is 1.33. The first-order chi connectivity index (χ1) is 13.7. The van der Waals surface area contributed by atoms with E-state index in [-0.39, 0.29) is 11.7 Å². The SMILES string of the molecule is C[C@@H](NC(=O)CN(c1ccccc1F)S(=O)(=O)N(C)C)c1ccc2c(c1)CCC2. The summed E-state index contributed by atoms with van der Waals surface area (Å²) in [5.41, 5.74) is 3.44. The molecule has 8 heteroatoms. The zero-order valence-electron chi connectivity index (χ0n) is 16.9. The molecule has 156 valence electrons. The maximum atomic E-state index is 14.3. The van der Waals surface area contributed by atoms with Crippen molar-refractivity contribution in [3.63, 3.8) is 0 Å². The lowest BCUT2D eigenvalue weighted by atomic mass is 10.0. The van der Waals surface area contributed by atoms with E-state index in [0.29, 0.717) is 0 Å². The van der Waals surface area contributed by atoms with Gasteiger partial charge in [-0.25, -0.2) is 8.70 Å². The zero-order chi connectivity index (χ0) is 21.2. The molecule has 3 rings (SSSR count). The summed E-state index contributed by atoms with van der Waals surface area (Å²) in [6, 6.07) is 11.4. The molecular formula is C21H26FN3O3S. The van der Waals surface area contributed by atoms with Crippen LogP contribution in [0.15, 0.2) is 42.5 Å². The van der Waals surface area contributed by atoms with E-state index in [1.807, 2.05) is 13.0 Å². The van der Waals surface area contributed by atoms with Gasteiger partial charge < -0.3 is 5.32 Å². The summed E-state index contributed by atoms with van der Waals surface area (Å²) in [5, 5.41) is 2.83. The van der Waals surface area contributed by atoms with Crippen molar-refractivity contribution >= 4 is 21.8 Å². The summed E-state index contributed by atoms with van der Waals surface area (Å²) in [4.78, 5) is 12.7. The number of fused-ring (bicyclic) bond motifs is 1. The van der Waals surface area contributed by atoms with Crippen LogP contribution in [-0.4, -0.2) is 39.3 Å². The van der Waals surface area contributed by atoms with Crippen LogP contribution in [0.1, 0.15) is 36.1 Å². The lowest BCUT2D eigenvalue weighted by Gasteiger charge is -2.27. The van der Waals surface area contributed by atoms with E-state index in [1.165, 1.54) is 49.5 Å².